The number of ketones is 1. The molecule has 5 heteroatoms. The summed E-state index contributed by atoms with van der Waals surface area (Å²) in [4.78, 5) is 11.8. The van der Waals surface area contributed by atoms with Crippen LogP contribution in [0.3, 0.4) is 0 Å². The number of hydrogen-bond acceptors (Lipinski definition) is 2. The van der Waals surface area contributed by atoms with Gasteiger partial charge in [0.25, 0.3) is 0 Å². The van der Waals surface area contributed by atoms with Crippen LogP contribution in [0.25, 0.3) is 0 Å². The van der Waals surface area contributed by atoms with Crippen molar-refractivity contribution in [1.82, 2.24) is 0 Å². The largest absolute Gasteiger partial charge is 0.490 e. The molecule has 1 aromatic carbocycles. The number of alkyl halides is 2. The van der Waals surface area contributed by atoms with Crippen LogP contribution in [0.5, 0.6) is 5.75 Å². The van der Waals surface area contributed by atoms with E-state index >= 15 is 0 Å². The average Bonchev–Trinajstić information content (AvgIpc) is 2.13. The first kappa shape index (κ1) is 10.1. The van der Waals surface area contributed by atoms with Gasteiger partial charge in [-0.1, -0.05) is 31.9 Å². The Bertz CT molecular complexity index is 404. The van der Waals surface area contributed by atoms with Gasteiger partial charge in [-0.05, 0) is 18.2 Å². The highest BCUT2D eigenvalue weighted by molar-refractivity contribution is 9.26. The minimum absolute atomic E-state index is 0.185. The Morgan fingerprint density at radius 2 is 2.14 bits per heavy atom. The first-order chi connectivity index (χ1) is 6.50. The highest BCUT2D eigenvalue weighted by Gasteiger charge is 2.39. The topological polar surface area (TPSA) is 26.3 Å². The molecular weight excluding hydrogens is 319 g/mol. The van der Waals surface area contributed by atoms with E-state index in [4.69, 9.17) is 4.74 Å². The summed E-state index contributed by atoms with van der Waals surface area (Å²) in [6.07, 6.45) is 0. The van der Waals surface area contributed by atoms with Crippen LogP contribution >= 0.6 is 31.9 Å². The number of Topliss-reactive ketones (excluding diaryl/α,β-unsaturated/α-hetero) is 1. The van der Waals surface area contributed by atoms with Gasteiger partial charge in [-0.15, -0.1) is 0 Å². The van der Waals surface area contributed by atoms with Crippen LogP contribution in [0.4, 0.5) is 4.39 Å². The van der Waals surface area contributed by atoms with Gasteiger partial charge in [0.05, 0.1) is 5.56 Å². The summed E-state index contributed by atoms with van der Waals surface area (Å²) >= 11 is 6.34. The zero-order valence-corrected chi connectivity index (χ0v) is 10.1. The lowest BCUT2D eigenvalue weighted by atomic mass is 10.1. The number of halogens is 3. The second-order valence-corrected chi connectivity index (χ2v) is 6.73. The van der Waals surface area contributed by atoms with E-state index in [9.17, 15) is 9.18 Å². The molecule has 2 rings (SSSR count). The van der Waals surface area contributed by atoms with E-state index in [0.29, 0.717) is 5.75 Å². The molecule has 74 valence electrons. The van der Waals surface area contributed by atoms with E-state index in [1.165, 1.54) is 18.2 Å². The van der Waals surface area contributed by atoms with Crippen molar-refractivity contribution in [3.63, 3.8) is 0 Å². The molecule has 0 saturated carbocycles. The van der Waals surface area contributed by atoms with Crippen molar-refractivity contribution in [3.8, 4) is 5.75 Å². The third kappa shape index (κ3) is 1.59. The van der Waals surface area contributed by atoms with E-state index in [1.54, 1.807) is 0 Å². The zero-order chi connectivity index (χ0) is 10.3. The molecule has 0 spiro atoms. The van der Waals surface area contributed by atoms with Crippen molar-refractivity contribution in [3.05, 3.63) is 29.6 Å². The summed E-state index contributed by atoms with van der Waals surface area (Å²) in [5.74, 6) is -0.248. The predicted molar refractivity (Wildman–Crippen MR) is 56.8 cm³/mol. The number of benzene rings is 1. The Hall–Kier alpha value is -0.420. The van der Waals surface area contributed by atoms with Crippen LogP contribution in [-0.2, 0) is 0 Å². The summed E-state index contributed by atoms with van der Waals surface area (Å²) in [6.45, 7) is 0.185. The van der Waals surface area contributed by atoms with E-state index in [2.05, 4.69) is 31.9 Å². The molecular formula is C9H5Br2FO2. The molecule has 1 aliphatic heterocycles. The fourth-order valence-electron chi connectivity index (χ4n) is 1.24. The number of carbonyl (C=O) groups excluding carboxylic acids is 1. The summed E-state index contributed by atoms with van der Waals surface area (Å²) in [5, 5.41) is 0. The maximum Gasteiger partial charge on any atom is 0.197 e. The molecule has 1 aromatic rings. The standard InChI is InChI=1S/C9H5Br2FO2/c10-9(11)4-14-7-2-1-5(12)3-6(7)8(9)13/h1-3H,4H2. The van der Waals surface area contributed by atoms with E-state index in [1.807, 2.05) is 0 Å². The number of rotatable bonds is 0. The third-order valence-electron chi connectivity index (χ3n) is 1.93. The van der Waals surface area contributed by atoms with E-state index < -0.39 is 9.05 Å². The van der Waals surface area contributed by atoms with Crippen molar-refractivity contribution >= 4 is 37.6 Å². The van der Waals surface area contributed by atoms with E-state index in [0.717, 1.165) is 0 Å². The Morgan fingerprint density at radius 3 is 2.86 bits per heavy atom. The van der Waals surface area contributed by atoms with Crippen LogP contribution < -0.4 is 4.74 Å². The third-order valence-corrected chi connectivity index (χ3v) is 3.11. The number of ether oxygens (including phenoxy) is 1. The summed E-state index contributed by atoms with van der Waals surface area (Å²) in [7, 11) is 0. The molecule has 14 heavy (non-hydrogen) atoms. The summed E-state index contributed by atoms with van der Waals surface area (Å²) in [5.41, 5.74) is 0.255. The summed E-state index contributed by atoms with van der Waals surface area (Å²) < 4.78 is 17.2. The molecule has 0 aromatic heterocycles. The van der Waals surface area contributed by atoms with Gasteiger partial charge in [-0.2, -0.15) is 0 Å². The molecule has 0 fully saturated rings. The highest BCUT2D eigenvalue weighted by atomic mass is 79.9. The van der Waals surface area contributed by atoms with Crippen molar-refractivity contribution in [2.75, 3.05) is 6.61 Å². The minimum Gasteiger partial charge on any atom is -0.490 e. The van der Waals surface area contributed by atoms with Gasteiger partial charge in [0.2, 0.25) is 0 Å². The first-order valence-corrected chi connectivity index (χ1v) is 5.44. The monoisotopic (exact) mass is 322 g/mol. The molecule has 0 atom stereocenters. The van der Waals surface area contributed by atoms with E-state index in [-0.39, 0.29) is 18.0 Å². The highest BCUT2D eigenvalue weighted by Crippen LogP contribution is 2.38. The van der Waals surface area contributed by atoms with Crippen molar-refractivity contribution in [1.29, 1.82) is 0 Å². The molecule has 2 nitrogen and oxygen atoms in total. The smallest absolute Gasteiger partial charge is 0.197 e. The van der Waals surface area contributed by atoms with Crippen molar-refractivity contribution in [2.24, 2.45) is 0 Å². The molecule has 0 amide bonds. The van der Waals surface area contributed by atoms with Crippen molar-refractivity contribution in [2.45, 2.75) is 3.23 Å². The maximum absolute atomic E-state index is 12.9. The zero-order valence-electron chi connectivity index (χ0n) is 6.89. The Labute approximate surface area is 96.7 Å². The molecule has 0 bridgehead atoms. The molecule has 0 N–H and O–H groups in total. The molecule has 0 radical (unpaired) electrons. The Morgan fingerprint density at radius 1 is 1.43 bits per heavy atom. The van der Waals surface area contributed by atoms with Gasteiger partial charge in [0.1, 0.15) is 18.2 Å². The quantitative estimate of drug-likeness (QED) is 0.686. The molecule has 0 unspecified atom stereocenters. The fraction of sp³-hybridized carbons (Fsp3) is 0.222. The normalized spacial score (nSPS) is 18.6. The van der Waals surface area contributed by atoms with Gasteiger partial charge in [0.15, 0.2) is 9.02 Å². The lowest BCUT2D eigenvalue weighted by Gasteiger charge is -2.26. The second kappa shape index (κ2) is 3.31. The fourth-order valence-corrected chi connectivity index (χ4v) is 1.89. The minimum atomic E-state index is -0.930. The number of hydrogen-bond donors (Lipinski definition) is 0. The van der Waals surface area contributed by atoms with Gasteiger partial charge >= 0.3 is 0 Å². The van der Waals surface area contributed by atoms with Gasteiger partial charge in [-0.25, -0.2) is 4.39 Å². The second-order valence-electron chi connectivity index (χ2n) is 2.96. The molecule has 0 saturated heterocycles. The summed E-state index contributed by atoms with van der Waals surface area (Å²) in [6, 6.07) is 3.90. The van der Waals surface area contributed by atoms with Crippen LogP contribution in [0.1, 0.15) is 10.4 Å². The van der Waals surface area contributed by atoms with Crippen LogP contribution in [0, 0.1) is 5.82 Å². The molecule has 0 aliphatic carbocycles. The maximum atomic E-state index is 12.9. The van der Waals surface area contributed by atoms with Gasteiger partial charge < -0.3 is 4.74 Å². The van der Waals surface area contributed by atoms with Crippen LogP contribution in [0.2, 0.25) is 0 Å². The molecule has 1 heterocycles. The van der Waals surface area contributed by atoms with Crippen LogP contribution in [0.15, 0.2) is 18.2 Å². The SMILES string of the molecule is O=C1c2cc(F)ccc2OCC1(Br)Br. The Balaban J connectivity index is 2.54. The lowest BCUT2D eigenvalue weighted by molar-refractivity contribution is 0.0932. The Kier molecular flexibility index (Phi) is 2.39. The van der Waals surface area contributed by atoms with Crippen molar-refractivity contribution < 1.29 is 13.9 Å². The first-order valence-electron chi connectivity index (χ1n) is 3.86. The average molecular weight is 324 g/mol. The lowest BCUT2D eigenvalue weighted by Crippen LogP contribution is -2.36. The number of fused-ring (bicyclic) bond motifs is 1. The molecule has 1 aliphatic rings. The predicted octanol–water partition coefficient (Wildman–Crippen LogP) is 2.89. The van der Waals surface area contributed by atoms with Gasteiger partial charge in [0, 0.05) is 0 Å². The number of carbonyl (C=O) groups is 1. The van der Waals surface area contributed by atoms with Gasteiger partial charge in [-0.3, -0.25) is 4.79 Å². The van der Waals surface area contributed by atoms with Crippen LogP contribution in [-0.4, -0.2) is 15.6 Å².